The molecule has 0 amide bonds. The summed E-state index contributed by atoms with van der Waals surface area (Å²) in [5.41, 5.74) is 2.65. The number of rotatable bonds is 2. The fourth-order valence-corrected chi connectivity index (χ4v) is 2.08. The molecule has 1 aromatic carbocycles. The minimum atomic E-state index is -0.350. The molecule has 88 valence electrons. The van der Waals surface area contributed by atoms with Crippen molar-refractivity contribution in [1.82, 2.24) is 4.40 Å². The predicted octanol–water partition coefficient (Wildman–Crippen LogP) is 3.51. The zero-order chi connectivity index (χ0) is 12.5. The number of pyridine rings is 1. The highest BCUT2D eigenvalue weighted by atomic mass is 16.6. The Morgan fingerprint density at radius 3 is 2.61 bits per heavy atom. The van der Waals surface area contributed by atoms with Crippen LogP contribution in [-0.2, 0) is 0 Å². The van der Waals surface area contributed by atoms with E-state index in [0.29, 0.717) is 5.56 Å². The smallest absolute Gasteiger partial charge is 0.277 e. The summed E-state index contributed by atoms with van der Waals surface area (Å²) in [6.07, 6.45) is 3.82. The van der Waals surface area contributed by atoms with Crippen molar-refractivity contribution in [3.05, 3.63) is 71.0 Å². The maximum absolute atomic E-state index is 11.0. The van der Waals surface area contributed by atoms with Crippen LogP contribution in [0.3, 0.4) is 0 Å². The van der Waals surface area contributed by atoms with Gasteiger partial charge in [-0.2, -0.15) is 0 Å². The normalized spacial score (nSPS) is 10.7. The van der Waals surface area contributed by atoms with Crippen molar-refractivity contribution in [2.24, 2.45) is 0 Å². The fraction of sp³-hybridized carbons (Fsp3) is 0. The maximum Gasteiger partial charge on any atom is 0.277 e. The van der Waals surface area contributed by atoms with Gasteiger partial charge in [0.1, 0.15) is 0 Å². The van der Waals surface area contributed by atoms with Gasteiger partial charge in [0.05, 0.1) is 10.5 Å². The first kappa shape index (κ1) is 10.5. The number of aromatic nitrogens is 1. The van der Waals surface area contributed by atoms with Gasteiger partial charge < -0.3 is 4.40 Å². The Balaban J connectivity index is 2.23. The van der Waals surface area contributed by atoms with E-state index in [1.165, 1.54) is 6.07 Å². The quantitative estimate of drug-likeness (QED) is 0.506. The van der Waals surface area contributed by atoms with Gasteiger partial charge in [-0.3, -0.25) is 10.1 Å². The molecule has 18 heavy (non-hydrogen) atoms. The second-order valence-corrected chi connectivity index (χ2v) is 4.04. The minimum Gasteiger partial charge on any atom is -0.323 e. The molecule has 0 saturated heterocycles. The molecule has 0 aliphatic rings. The summed E-state index contributed by atoms with van der Waals surface area (Å²) in [4.78, 5) is 10.7. The minimum absolute atomic E-state index is 0.133. The molecule has 2 aromatic heterocycles. The van der Waals surface area contributed by atoms with Gasteiger partial charge in [0, 0.05) is 29.5 Å². The van der Waals surface area contributed by atoms with Gasteiger partial charge in [0.2, 0.25) is 0 Å². The second kappa shape index (κ2) is 4.00. The van der Waals surface area contributed by atoms with Crippen molar-refractivity contribution in [2.75, 3.05) is 0 Å². The van der Waals surface area contributed by atoms with Gasteiger partial charge >= 0.3 is 0 Å². The van der Waals surface area contributed by atoms with Crippen LogP contribution in [0.25, 0.3) is 16.6 Å². The molecule has 0 saturated carbocycles. The first-order valence-corrected chi connectivity index (χ1v) is 5.56. The Hall–Kier alpha value is -2.62. The first-order valence-electron chi connectivity index (χ1n) is 5.56. The van der Waals surface area contributed by atoms with Crippen LogP contribution >= 0.6 is 0 Å². The summed E-state index contributed by atoms with van der Waals surface area (Å²) in [6, 6.07) is 14.6. The average molecular weight is 238 g/mol. The third kappa shape index (κ3) is 1.64. The van der Waals surface area contributed by atoms with Gasteiger partial charge in [0.25, 0.3) is 5.69 Å². The van der Waals surface area contributed by atoms with Crippen LogP contribution < -0.4 is 0 Å². The first-order chi connectivity index (χ1) is 8.75. The van der Waals surface area contributed by atoms with Crippen LogP contribution in [-0.4, -0.2) is 9.32 Å². The van der Waals surface area contributed by atoms with Crippen molar-refractivity contribution >= 4 is 11.2 Å². The standard InChI is InChI=1S/C14H10N2O2/c17-16(18)14-7-2-1-6-13(14)11-9-12-5-3-4-8-15(12)10-11/h1-10H. The molecule has 4 heteroatoms. The summed E-state index contributed by atoms with van der Waals surface area (Å²) >= 11 is 0. The third-order valence-corrected chi connectivity index (χ3v) is 2.92. The Labute approximate surface area is 103 Å². The van der Waals surface area contributed by atoms with E-state index in [-0.39, 0.29) is 10.6 Å². The number of nitro benzene ring substituents is 1. The van der Waals surface area contributed by atoms with Gasteiger partial charge in [-0.25, -0.2) is 0 Å². The summed E-state index contributed by atoms with van der Waals surface area (Å²) in [6.45, 7) is 0. The zero-order valence-corrected chi connectivity index (χ0v) is 9.48. The molecule has 0 atom stereocenters. The van der Waals surface area contributed by atoms with Gasteiger partial charge in [-0.05, 0) is 24.3 Å². The molecule has 0 unspecified atom stereocenters. The number of nitrogens with zero attached hydrogens (tertiary/aromatic N) is 2. The average Bonchev–Trinajstić information content (AvgIpc) is 2.82. The van der Waals surface area contributed by atoms with E-state index < -0.39 is 0 Å². The molecular weight excluding hydrogens is 228 g/mol. The molecule has 0 radical (unpaired) electrons. The monoisotopic (exact) mass is 238 g/mol. The van der Waals surface area contributed by atoms with Crippen LogP contribution in [0.1, 0.15) is 0 Å². The van der Waals surface area contributed by atoms with Crippen LogP contribution in [0.2, 0.25) is 0 Å². The molecular formula is C14H10N2O2. The van der Waals surface area contributed by atoms with E-state index in [9.17, 15) is 10.1 Å². The second-order valence-electron chi connectivity index (χ2n) is 4.04. The number of benzene rings is 1. The lowest BCUT2D eigenvalue weighted by molar-refractivity contribution is -0.384. The highest BCUT2D eigenvalue weighted by molar-refractivity contribution is 5.77. The summed E-state index contributed by atoms with van der Waals surface area (Å²) < 4.78 is 1.95. The summed E-state index contributed by atoms with van der Waals surface area (Å²) in [7, 11) is 0. The third-order valence-electron chi connectivity index (χ3n) is 2.92. The molecule has 3 rings (SSSR count). The SMILES string of the molecule is O=[N+]([O-])c1ccccc1-c1cc2ccccn2c1. The molecule has 0 spiro atoms. The number of fused-ring (bicyclic) bond motifs is 1. The van der Waals surface area contributed by atoms with E-state index >= 15 is 0 Å². The van der Waals surface area contributed by atoms with Crippen LogP contribution in [0, 0.1) is 10.1 Å². The molecule has 0 fully saturated rings. The van der Waals surface area contributed by atoms with Gasteiger partial charge in [-0.15, -0.1) is 0 Å². The van der Waals surface area contributed by atoms with Crippen molar-refractivity contribution in [1.29, 1.82) is 0 Å². The Kier molecular flexibility index (Phi) is 2.34. The lowest BCUT2D eigenvalue weighted by Crippen LogP contribution is -1.90. The predicted molar refractivity (Wildman–Crippen MR) is 69.5 cm³/mol. The molecule has 3 aromatic rings. The zero-order valence-electron chi connectivity index (χ0n) is 9.48. The van der Waals surface area contributed by atoms with Crippen molar-refractivity contribution in [3.63, 3.8) is 0 Å². The largest absolute Gasteiger partial charge is 0.323 e. The molecule has 0 aliphatic carbocycles. The number of para-hydroxylation sites is 1. The molecule has 0 N–H and O–H groups in total. The van der Waals surface area contributed by atoms with Crippen LogP contribution in [0.5, 0.6) is 0 Å². The van der Waals surface area contributed by atoms with Gasteiger partial charge in [0.15, 0.2) is 0 Å². The van der Waals surface area contributed by atoms with Crippen LogP contribution in [0.4, 0.5) is 5.69 Å². The number of hydrogen-bond acceptors (Lipinski definition) is 2. The van der Waals surface area contributed by atoms with E-state index in [2.05, 4.69) is 0 Å². The van der Waals surface area contributed by atoms with E-state index in [1.807, 2.05) is 47.1 Å². The highest BCUT2D eigenvalue weighted by Gasteiger charge is 2.15. The van der Waals surface area contributed by atoms with E-state index in [4.69, 9.17) is 0 Å². The molecule has 2 heterocycles. The lowest BCUT2D eigenvalue weighted by Gasteiger charge is -1.98. The van der Waals surface area contributed by atoms with Crippen molar-refractivity contribution in [2.45, 2.75) is 0 Å². The molecule has 0 aliphatic heterocycles. The molecule has 0 bridgehead atoms. The van der Waals surface area contributed by atoms with Crippen LogP contribution in [0.15, 0.2) is 60.9 Å². The van der Waals surface area contributed by atoms with E-state index in [0.717, 1.165) is 11.1 Å². The van der Waals surface area contributed by atoms with Crippen molar-refractivity contribution < 1.29 is 4.92 Å². The van der Waals surface area contributed by atoms with E-state index in [1.54, 1.807) is 12.1 Å². The Morgan fingerprint density at radius 1 is 1.06 bits per heavy atom. The topological polar surface area (TPSA) is 47.5 Å². The maximum atomic E-state index is 11.0. The fourth-order valence-electron chi connectivity index (χ4n) is 2.08. The number of nitro groups is 1. The van der Waals surface area contributed by atoms with Gasteiger partial charge in [-0.1, -0.05) is 18.2 Å². The Bertz CT molecular complexity index is 698. The Morgan fingerprint density at radius 2 is 1.83 bits per heavy atom. The molecule has 4 nitrogen and oxygen atoms in total. The summed E-state index contributed by atoms with van der Waals surface area (Å²) in [5, 5.41) is 11.0. The highest BCUT2D eigenvalue weighted by Crippen LogP contribution is 2.30. The van der Waals surface area contributed by atoms with Crippen molar-refractivity contribution in [3.8, 4) is 11.1 Å². The summed E-state index contributed by atoms with van der Waals surface area (Å²) in [5.74, 6) is 0. The number of hydrogen-bond donors (Lipinski definition) is 0. The lowest BCUT2D eigenvalue weighted by atomic mass is 10.1.